The molecule has 1 aromatic rings. The minimum Gasteiger partial charge on any atom is -0.504 e. The third-order valence-corrected chi connectivity index (χ3v) is 3.62. The first kappa shape index (κ1) is 13.7. The lowest BCUT2D eigenvalue weighted by molar-refractivity contribution is -0.137. The summed E-state index contributed by atoms with van der Waals surface area (Å²) in [6, 6.07) is 4.31. The third-order valence-electron chi connectivity index (χ3n) is 3.62. The first-order valence-corrected chi connectivity index (χ1v) is 6.48. The zero-order chi connectivity index (χ0) is 14.0. The zero-order valence-corrected chi connectivity index (χ0v) is 10.9. The SMILES string of the molecule is C[C@H]1CCCC(=O)N1C[C@H](O)c1ccc(O)c(O)c1. The first-order chi connectivity index (χ1) is 8.99. The number of benzene rings is 1. The Morgan fingerprint density at radius 2 is 2.11 bits per heavy atom. The largest absolute Gasteiger partial charge is 0.504 e. The molecule has 19 heavy (non-hydrogen) atoms. The fourth-order valence-electron chi connectivity index (χ4n) is 2.42. The van der Waals surface area contributed by atoms with Gasteiger partial charge < -0.3 is 20.2 Å². The normalized spacial score (nSPS) is 21.5. The topological polar surface area (TPSA) is 81.0 Å². The van der Waals surface area contributed by atoms with E-state index >= 15 is 0 Å². The summed E-state index contributed by atoms with van der Waals surface area (Å²) >= 11 is 0. The quantitative estimate of drug-likeness (QED) is 0.724. The second-order valence-corrected chi connectivity index (χ2v) is 5.05. The van der Waals surface area contributed by atoms with Gasteiger partial charge in [0.2, 0.25) is 5.91 Å². The van der Waals surface area contributed by atoms with Gasteiger partial charge in [-0.05, 0) is 37.5 Å². The molecule has 1 fully saturated rings. The van der Waals surface area contributed by atoms with E-state index in [1.165, 1.54) is 12.1 Å². The van der Waals surface area contributed by atoms with Crippen LogP contribution < -0.4 is 0 Å². The summed E-state index contributed by atoms with van der Waals surface area (Å²) in [5.41, 5.74) is 0.487. The monoisotopic (exact) mass is 265 g/mol. The van der Waals surface area contributed by atoms with Crippen molar-refractivity contribution in [2.75, 3.05) is 6.54 Å². The zero-order valence-electron chi connectivity index (χ0n) is 10.9. The Balaban J connectivity index is 2.09. The highest BCUT2D eigenvalue weighted by Crippen LogP contribution is 2.29. The molecule has 0 radical (unpaired) electrons. The Kier molecular flexibility index (Phi) is 3.95. The second kappa shape index (κ2) is 5.48. The fourth-order valence-corrected chi connectivity index (χ4v) is 2.42. The van der Waals surface area contributed by atoms with Crippen LogP contribution in [0.25, 0.3) is 0 Å². The van der Waals surface area contributed by atoms with Crippen molar-refractivity contribution >= 4 is 5.91 Å². The molecular formula is C14H19NO4. The number of nitrogens with zero attached hydrogens (tertiary/aromatic N) is 1. The maximum absolute atomic E-state index is 11.8. The first-order valence-electron chi connectivity index (χ1n) is 6.48. The molecule has 1 saturated heterocycles. The molecule has 5 heteroatoms. The molecule has 1 heterocycles. The Hall–Kier alpha value is -1.75. The summed E-state index contributed by atoms with van der Waals surface area (Å²) in [4.78, 5) is 13.5. The van der Waals surface area contributed by atoms with Crippen molar-refractivity contribution in [2.24, 2.45) is 0 Å². The van der Waals surface area contributed by atoms with Crippen LogP contribution in [0, 0.1) is 0 Å². The molecule has 0 aromatic heterocycles. The minimum absolute atomic E-state index is 0.0563. The van der Waals surface area contributed by atoms with Gasteiger partial charge in [0, 0.05) is 12.5 Å². The standard InChI is InChI=1S/C14H19NO4/c1-9-3-2-4-14(19)15(9)8-13(18)10-5-6-11(16)12(17)7-10/h5-7,9,13,16-18H,2-4,8H2,1H3/t9-,13-/m0/s1. The fraction of sp³-hybridized carbons (Fsp3) is 0.500. The van der Waals surface area contributed by atoms with E-state index in [-0.39, 0.29) is 30.0 Å². The maximum atomic E-state index is 11.8. The van der Waals surface area contributed by atoms with Crippen LogP contribution in [-0.4, -0.2) is 38.7 Å². The average Bonchev–Trinajstić information content (AvgIpc) is 2.37. The number of carbonyl (C=O) groups excluding carboxylic acids is 1. The number of aliphatic hydroxyl groups is 1. The van der Waals surface area contributed by atoms with E-state index in [4.69, 9.17) is 0 Å². The number of aromatic hydroxyl groups is 2. The lowest BCUT2D eigenvalue weighted by Crippen LogP contribution is -2.44. The Labute approximate surface area is 112 Å². The van der Waals surface area contributed by atoms with Crippen LogP contribution in [0.1, 0.15) is 37.9 Å². The van der Waals surface area contributed by atoms with Gasteiger partial charge in [-0.1, -0.05) is 6.07 Å². The number of amides is 1. The van der Waals surface area contributed by atoms with Crippen LogP contribution in [0.3, 0.4) is 0 Å². The van der Waals surface area contributed by atoms with Gasteiger partial charge in [-0.2, -0.15) is 0 Å². The van der Waals surface area contributed by atoms with Gasteiger partial charge in [0.15, 0.2) is 11.5 Å². The maximum Gasteiger partial charge on any atom is 0.222 e. The number of likely N-dealkylation sites (tertiary alicyclic amines) is 1. The predicted molar refractivity (Wildman–Crippen MR) is 69.8 cm³/mol. The number of piperidine rings is 1. The highest BCUT2D eigenvalue weighted by molar-refractivity contribution is 5.77. The lowest BCUT2D eigenvalue weighted by Gasteiger charge is -2.34. The Bertz CT molecular complexity index is 475. The molecule has 1 aliphatic heterocycles. The van der Waals surface area contributed by atoms with Crippen molar-refractivity contribution in [3.8, 4) is 11.5 Å². The van der Waals surface area contributed by atoms with Crippen LogP contribution in [0.2, 0.25) is 0 Å². The van der Waals surface area contributed by atoms with Crippen molar-refractivity contribution in [2.45, 2.75) is 38.3 Å². The van der Waals surface area contributed by atoms with E-state index in [2.05, 4.69) is 0 Å². The highest BCUT2D eigenvalue weighted by Gasteiger charge is 2.27. The Morgan fingerprint density at radius 3 is 2.74 bits per heavy atom. The van der Waals surface area contributed by atoms with Gasteiger partial charge in [0.25, 0.3) is 0 Å². The number of aliphatic hydroxyl groups excluding tert-OH is 1. The van der Waals surface area contributed by atoms with E-state index in [1.54, 1.807) is 11.0 Å². The molecule has 104 valence electrons. The van der Waals surface area contributed by atoms with Crippen LogP contribution in [0.15, 0.2) is 18.2 Å². The van der Waals surface area contributed by atoms with Crippen LogP contribution in [0.4, 0.5) is 0 Å². The molecule has 3 N–H and O–H groups in total. The summed E-state index contributed by atoms with van der Waals surface area (Å²) in [6.07, 6.45) is 1.50. The van der Waals surface area contributed by atoms with E-state index in [1.807, 2.05) is 6.92 Å². The number of hydrogen-bond donors (Lipinski definition) is 3. The van der Waals surface area contributed by atoms with Gasteiger partial charge in [-0.25, -0.2) is 0 Å². The van der Waals surface area contributed by atoms with Gasteiger partial charge in [-0.15, -0.1) is 0 Å². The molecule has 1 aliphatic rings. The summed E-state index contributed by atoms with van der Waals surface area (Å²) in [7, 11) is 0. The van der Waals surface area contributed by atoms with Crippen LogP contribution >= 0.6 is 0 Å². The highest BCUT2D eigenvalue weighted by atomic mass is 16.3. The molecule has 1 aromatic carbocycles. The number of phenols is 2. The van der Waals surface area contributed by atoms with Crippen molar-refractivity contribution < 1.29 is 20.1 Å². The van der Waals surface area contributed by atoms with Crippen LogP contribution in [0.5, 0.6) is 11.5 Å². The average molecular weight is 265 g/mol. The second-order valence-electron chi connectivity index (χ2n) is 5.05. The number of rotatable bonds is 3. The summed E-state index contributed by atoms with van der Waals surface area (Å²) in [6.45, 7) is 2.18. The molecule has 0 spiro atoms. The van der Waals surface area contributed by atoms with E-state index in [9.17, 15) is 20.1 Å². The molecule has 2 atom stereocenters. The molecular weight excluding hydrogens is 246 g/mol. The van der Waals surface area contributed by atoms with Gasteiger partial charge >= 0.3 is 0 Å². The van der Waals surface area contributed by atoms with Gasteiger partial charge in [-0.3, -0.25) is 4.79 Å². The molecule has 0 saturated carbocycles. The van der Waals surface area contributed by atoms with Crippen molar-refractivity contribution in [3.05, 3.63) is 23.8 Å². The number of β-amino-alcohol motifs (C(OH)–C–C–N with tert-alkyl or cyclic N) is 1. The third kappa shape index (κ3) is 2.98. The van der Waals surface area contributed by atoms with Crippen LogP contribution in [-0.2, 0) is 4.79 Å². The number of phenolic OH excluding ortho intramolecular Hbond substituents is 2. The van der Waals surface area contributed by atoms with E-state index in [0.29, 0.717) is 12.0 Å². The molecule has 2 rings (SSSR count). The van der Waals surface area contributed by atoms with E-state index in [0.717, 1.165) is 12.8 Å². The summed E-state index contributed by atoms with van der Waals surface area (Å²) in [5.74, 6) is -0.436. The van der Waals surface area contributed by atoms with Crippen molar-refractivity contribution in [3.63, 3.8) is 0 Å². The predicted octanol–water partition coefficient (Wildman–Crippen LogP) is 1.53. The van der Waals surface area contributed by atoms with E-state index < -0.39 is 6.10 Å². The molecule has 0 unspecified atom stereocenters. The lowest BCUT2D eigenvalue weighted by atomic mass is 10.0. The number of carbonyl (C=O) groups is 1. The molecule has 5 nitrogen and oxygen atoms in total. The molecule has 0 aliphatic carbocycles. The summed E-state index contributed by atoms with van der Waals surface area (Å²) in [5, 5.41) is 28.8. The van der Waals surface area contributed by atoms with Gasteiger partial charge in [0.1, 0.15) is 0 Å². The minimum atomic E-state index is -0.865. The molecule has 1 amide bonds. The van der Waals surface area contributed by atoms with Gasteiger partial charge in [0.05, 0.1) is 12.6 Å². The molecule has 0 bridgehead atoms. The smallest absolute Gasteiger partial charge is 0.222 e. The van der Waals surface area contributed by atoms with Crippen molar-refractivity contribution in [1.82, 2.24) is 4.90 Å². The Morgan fingerprint density at radius 1 is 1.37 bits per heavy atom. The number of hydrogen-bond acceptors (Lipinski definition) is 4. The summed E-state index contributed by atoms with van der Waals surface area (Å²) < 4.78 is 0. The van der Waals surface area contributed by atoms with Crippen molar-refractivity contribution in [1.29, 1.82) is 0 Å².